The Morgan fingerprint density at radius 1 is 0.897 bits per heavy atom. The Kier molecular flexibility index (Phi) is 7.84. The molecule has 0 amide bonds. The summed E-state index contributed by atoms with van der Waals surface area (Å²) in [5.74, 6) is 0. The molecular formula is C13H21N9O7. The third-order valence-electron chi connectivity index (χ3n) is 4.90. The highest BCUT2D eigenvalue weighted by Crippen LogP contribution is 2.33. The lowest BCUT2D eigenvalue weighted by molar-refractivity contribution is -0.301. The van der Waals surface area contributed by atoms with Crippen molar-refractivity contribution in [1.29, 1.82) is 0 Å². The van der Waals surface area contributed by atoms with Gasteiger partial charge in [0.1, 0.15) is 24.4 Å². The Balaban J connectivity index is 2.34. The first kappa shape index (κ1) is 22.9. The van der Waals surface area contributed by atoms with Crippen LogP contribution >= 0.6 is 0 Å². The minimum absolute atomic E-state index is 0.166. The molecule has 0 aromatic rings. The molecule has 0 bridgehead atoms. The third-order valence-corrected chi connectivity index (χ3v) is 4.90. The van der Waals surface area contributed by atoms with Gasteiger partial charge in [-0.2, -0.15) is 0 Å². The molecule has 29 heavy (non-hydrogen) atoms. The molecule has 16 nitrogen and oxygen atoms in total. The minimum Gasteiger partial charge on any atom is -0.391 e. The second-order valence-corrected chi connectivity index (χ2v) is 6.75. The van der Waals surface area contributed by atoms with Crippen molar-refractivity contribution in [3.8, 4) is 0 Å². The zero-order chi connectivity index (χ0) is 21.7. The van der Waals surface area contributed by atoms with E-state index in [1.54, 1.807) is 0 Å². The fourth-order valence-corrected chi connectivity index (χ4v) is 3.42. The van der Waals surface area contributed by atoms with Gasteiger partial charge in [0, 0.05) is 14.7 Å². The summed E-state index contributed by atoms with van der Waals surface area (Å²) >= 11 is 0. The molecule has 1 heterocycles. The largest absolute Gasteiger partial charge is 0.391 e. The van der Waals surface area contributed by atoms with Gasteiger partial charge in [-0.15, -0.1) is 0 Å². The first-order valence-electron chi connectivity index (χ1n) is 8.60. The molecule has 1 saturated carbocycles. The number of ether oxygens (including phenoxy) is 2. The Labute approximate surface area is 163 Å². The predicted octanol–water partition coefficient (Wildman–Crippen LogP) is -0.639. The van der Waals surface area contributed by atoms with Crippen molar-refractivity contribution in [1.82, 2.24) is 0 Å². The SMILES string of the molecule is CC(O)C1O[C@H](O[C@@H]2C(N=[N+]=[N-])C[C@@H](N=[N+]=[N-])[C@@H](O)C2O)C(N=[N+]=[N-])[C@@H](O)[C@@H]1O. The maximum Gasteiger partial charge on any atom is 0.169 e. The molecule has 2 rings (SSSR count). The van der Waals surface area contributed by atoms with Crippen molar-refractivity contribution >= 4 is 0 Å². The minimum atomic E-state index is -1.70. The smallest absolute Gasteiger partial charge is 0.169 e. The number of hydrogen-bond donors (Lipinski definition) is 5. The van der Waals surface area contributed by atoms with Crippen molar-refractivity contribution in [3.63, 3.8) is 0 Å². The maximum atomic E-state index is 10.4. The highest BCUT2D eigenvalue weighted by Gasteiger charge is 2.50. The van der Waals surface area contributed by atoms with Gasteiger partial charge in [-0.25, -0.2) is 0 Å². The summed E-state index contributed by atoms with van der Waals surface area (Å²) in [6.45, 7) is 1.29. The van der Waals surface area contributed by atoms with Crippen LogP contribution < -0.4 is 0 Å². The van der Waals surface area contributed by atoms with Crippen LogP contribution in [0.3, 0.4) is 0 Å². The van der Waals surface area contributed by atoms with Crippen molar-refractivity contribution in [2.45, 2.75) is 80.5 Å². The molecule has 0 aromatic heterocycles. The molecule has 1 aliphatic carbocycles. The topological polar surface area (TPSA) is 266 Å². The molecule has 5 unspecified atom stereocenters. The summed E-state index contributed by atoms with van der Waals surface area (Å²) in [5, 5.41) is 60.9. The third kappa shape index (κ3) is 4.80. The maximum absolute atomic E-state index is 10.4. The molecule has 16 heteroatoms. The lowest BCUT2D eigenvalue weighted by atomic mass is 9.84. The van der Waals surface area contributed by atoms with E-state index in [-0.39, 0.29) is 6.42 Å². The van der Waals surface area contributed by atoms with Gasteiger partial charge in [0.2, 0.25) is 0 Å². The number of rotatable bonds is 6. The van der Waals surface area contributed by atoms with Gasteiger partial charge in [0.05, 0.1) is 36.5 Å². The Morgan fingerprint density at radius 2 is 1.48 bits per heavy atom. The van der Waals surface area contributed by atoms with Crippen molar-refractivity contribution in [2.75, 3.05) is 0 Å². The van der Waals surface area contributed by atoms with Crippen LogP contribution in [0.2, 0.25) is 0 Å². The summed E-state index contributed by atoms with van der Waals surface area (Å²) in [6, 6.07) is -3.68. The van der Waals surface area contributed by atoms with Crippen molar-refractivity contribution in [3.05, 3.63) is 31.3 Å². The van der Waals surface area contributed by atoms with Gasteiger partial charge < -0.3 is 35.0 Å². The molecule has 0 radical (unpaired) electrons. The molecule has 0 spiro atoms. The van der Waals surface area contributed by atoms with Crippen LogP contribution in [0.4, 0.5) is 0 Å². The van der Waals surface area contributed by atoms with E-state index in [1.807, 2.05) is 0 Å². The van der Waals surface area contributed by atoms with E-state index in [0.29, 0.717) is 0 Å². The van der Waals surface area contributed by atoms with Crippen LogP contribution in [0, 0.1) is 0 Å². The van der Waals surface area contributed by atoms with Crippen LogP contribution in [-0.4, -0.2) is 92.7 Å². The lowest BCUT2D eigenvalue weighted by Gasteiger charge is -2.46. The monoisotopic (exact) mass is 415 g/mol. The van der Waals surface area contributed by atoms with E-state index in [1.165, 1.54) is 6.92 Å². The van der Waals surface area contributed by atoms with Crippen LogP contribution in [0.1, 0.15) is 13.3 Å². The van der Waals surface area contributed by atoms with E-state index in [4.69, 9.17) is 26.1 Å². The van der Waals surface area contributed by atoms with Gasteiger partial charge >= 0.3 is 0 Å². The average Bonchev–Trinajstić information content (AvgIpc) is 2.68. The Bertz CT molecular complexity index is 721. The fraction of sp³-hybridized carbons (Fsp3) is 1.00. The Morgan fingerprint density at radius 3 is 2.03 bits per heavy atom. The molecule has 0 aromatic carbocycles. The first-order valence-corrected chi connectivity index (χ1v) is 8.60. The van der Waals surface area contributed by atoms with Crippen molar-refractivity contribution < 1.29 is 35.0 Å². The van der Waals surface area contributed by atoms with Gasteiger partial charge in [-0.1, -0.05) is 15.3 Å². The normalized spacial score (nSPS) is 43.2. The lowest BCUT2D eigenvalue weighted by Crippen LogP contribution is -2.63. The summed E-state index contributed by atoms with van der Waals surface area (Å²) in [7, 11) is 0. The van der Waals surface area contributed by atoms with E-state index >= 15 is 0 Å². The van der Waals surface area contributed by atoms with Crippen LogP contribution in [0.25, 0.3) is 31.3 Å². The molecule has 1 aliphatic heterocycles. The zero-order valence-electron chi connectivity index (χ0n) is 15.1. The van der Waals surface area contributed by atoms with Gasteiger partial charge in [-0.05, 0) is 29.9 Å². The quantitative estimate of drug-likeness (QED) is 0.212. The Hall–Kier alpha value is -2.35. The number of aliphatic hydroxyl groups is 5. The number of azide groups is 3. The highest BCUT2D eigenvalue weighted by atomic mass is 16.7. The van der Waals surface area contributed by atoms with E-state index < -0.39 is 67.1 Å². The number of hydrogen-bond acceptors (Lipinski definition) is 10. The number of aliphatic hydroxyl groups excluding tert-OH is 5. The molecule has 2 aliphatic rings. The molecular weight excluding hydrogens is 394 g/mol. The predicted molar refractivity (Wildman–Crippen MR) is 92.7 cm³/mol. The van der Waals surface area contributed by atoms with Crippen molar-refractivity contribution in [2.24, 2.45) is 15.3 Å². The second-order valence-electron chi connectivity index (χ2n) is 6.75. The first-order chi connectivity index (χ1) is 13.8. The zero-order valence-corrected chi connectivity index (χ0v) is 15.1. The van der Waals surface area contributed by atoms with E-state index in [9.17, 15) is 25.5 Å². The average molecular weight is 415 g/mol. The van der Waals surface area contributed by atoms with Gasteiger partial charge in [0.25, 0.3) is 0 Å². The molecule has 11 atom stereocenters. The highest BCUT2D eigenvalue weighted by molar-refractivity contribution is 5.02. The summed E-state index contributed by atoms with van der Waals surface area (Å²) in [6.07, 6.45) is -12.2. The summed E-state index contributed by atoms with van der Waals surface area (Å²) in [4.78, 5) is 7.79. The van der Waals surface area contributed by atoms with E-state index in [0.717, 1.165) is 0 Å². The molecule has 2 fully saturated rings. The van der Waals surface area contributed by atoms with Gasteiger partial charge in [-0.3, -0.25) is 0 Å². The van der Waals surface area contributed by atoms with Crippen LogP contribution in [0.15, 0.2) is 15.3 Å². The second kappa shape index (κ2) is 9.91. The van der Waals surface area contributed by atoms with E-state index in [2.05, 4.69) is 30.1 Å². The molecule has 160 valence electrons. The summed E-state index contributed by atoms with van der Waals surface area (Å²) < 4.78 is 11.0. The standard InChI is InChI=1S/C13H21N9O7/c1-3(23)11-10(27)8(25)6(19-22-16)13(28-11)29-12-5(18-21-15)2-4(17-20-14)7(24)9(12)26/h3-13,23-27H,2H2,1H3/t3?,4-,5?,6?,7-,8-,9?,10+,11?,12-,13-/m1/s1. The molecule has 1 saturated heterocycles. The molecule has 5 N–H and O–H groups in total. The number of nitrogens with zero attached hydrogens (tertiary/aromatic N) is 9. The fourth-order valence-electron chi connectivity index (χ4n) is 3.42. The van der Waals surface area contributed by atoms with Crippen LogP contribution in [-0.2, 0) is 9.47 Å². The van der Waals surface area contributed by atoms with Gasteiger partial charge in [0.15, 0.2) is 6.29 Å². The summed E-state index contributed by atoms with van der Waals surface area (Å²) in [5.41, 5.74) is 26.1. The van der Waals surface area contributed by atoms with Crippen LogP contribution in [0.5, 0.6) is 0 Å².